The van der Waals surface area contributed by atoms with Crippen molar-refractivity contribution in [3.8, 4) is 0 Å². The van der Waals surface area contributed by atoms with Crippen LogP contribution in [0.2, 0.25) is 0 Å². The Kier molecular flexibility index (Phi) is 4.72. The molecule has 0 spiro atoms. The van der Waals surface area contributed by atoms with Crippen LogP contribution in [0.3, 0.4) is 0 Å². The van der Waals surface area contributed by atoms with Crippen LogP contribution in [0.1, 0.15) is 28.5 Å². The molecule has 3 heterocycles. The molecule has 1 saturated heterocycles. The van der Waals surface area contributed by atoms with Gasteiger partial charge >= 0.3 is 6.03 Å². The van der Waals surface area contributed by atoms with Crippen molar-refractivity contribution in [1.29, 1.82) is 0 Å². The highest BCUT2D eigenvalue weighted by molar-refractivity contribution is 6.23. The molecule has 4 aromatic rings. The molecule has 2 aliphatic rings. The van der Waals surface area contributed by atoms with Crippen LogP contribution < -0.4 is 10.2 Å². The third-order valence-corrected chi connectivity index (χ3v) is 7.03. The van der Waals surface area contributed by atoms with Gasteiger partial charge in [0, 0.05) is 29.1 Å². The summed E-state index contributed by atoms with van der Waals surface area (Å²) in [5.41, 5.74) is 1.83. The standard InChI is InChI=1S/C27H20F2N4O3/c1-27-23-19(18-4-2-3-5-21(18)30-23)12-13-32(27)26(36)33(25(27)35)17-9-6-15(7-10-17)24(34)31-22-11-8-16(28)14-20(22)29/h2-11,14,30H,12-13H2,1H3,(H,31,34). The van der Waals surface area contributed by atoms with Crippen molar-refractivity contribution in [2.24, 2.45) is 0 Å². The van der Waals surface area contributed by atoms with Gasteiger partial charge in [-0.2, -0.15) is 0 Å². The molecule has 1 fully saturated rings. The van der Waals surface area contributed by atoms with E-state index in [9.17, 15) is 23.2 Å². The van der Waals surface area contributed by atoms with Gasteiger partial charge in [0.2, 0.25) is 0 Å². The average molecular weight is 486 g/mol. The Morgan fingerprint density at radius 3 is 2.53 bits per heavy atom. The zero-order valence-corrected chi connectivity index (χ0v) is 19.1. The first-order valence-electron chi connectivity index (χ1n) is 11.4. The van der Waals surface area contributed by atoms with Crippen LogP contribution in [-0.2, 0) is 16.8 Å². The quantitative estimate of drug-likeness (QED) is 0.403. The van der Waals surface area contributed by atoms with E-state index in [1.165, 1.54) is 24.3 Å². The molecule has 1 atom stereocenters. The lowest BCUT2D eigenvalue weighted by Crippen LogP contribution is -2.49. The smallest absolute Gasteiger partial charge is 0.332 e. The van der Waals surface area contributed by atoms with Crippen LogP contribution in [0.4, 0.5) is 25.0 Å². The Hall–Kier alpha value is -4.53. The van der Waals surface area contributed by atoms with E-state index in [1.54, 1.807) is 11.8 Å². The number of carbonyl (C=O) groups excluding carboxylic acids is 3. The van der Waals surface area contributed by atoms with Gasteiger partial charge in [0.15, 0.2) is 5.54 Å². The zero-order valence-electron chi connectivity index (χ0n) is 19.1. The number of aromatic nitrogens is 1. The second-order valence-electron chi connectivity index (χ2n) is 9.05. The van der Waals surface area contributed by atoms with E-state index in [2.05, 4.69) is 10.3 Å². The maximum absolute atomic E-state index is 13.9. The minimum atomic E-state index is -1.18. The SMILES string of the molecule is CC12C(=O)N(c3ccc(C(=O)Nc4ccc(F)cc4F)cc3)C(=O)N1CCc1c2[nH]c2ccccc12. The van der Waals surface area contributed by atoms with E-state index in [0.29, 0.717) is 30.4 Å². The summed E-state index contributed by atoms with van der Waals surface area (Å²) >= 11 is 0. The summed E-state index contributed by atoms with van der Waals surface area (Å²) in [7, 11) is 0. The van der Waals surface area contributed by atoms with Crippen LogP contribution in [0.15, 0.2) is 66.7 Å². The fourth-order valence-electron chi connectivity index (χ4n) is 5.17. The van der Waals surface area contributed by atoms with Gasteiger partial charge in [0.05, 0.1) is 17.1 Å². The third-order valence-electron chi connectivity index (χ3n) is 7.03. The van der Waals surface area contributed by atoms with Crippen molar-refractivity contribution in [1.82, 2.24) is 9.88 Å². The maximum atomic E-state index is 13.9. The molecular weight excluding hydrogens is 466 g/mol. The van der Waals surface area contributed by atoms with Crippen molar-refractivity contribution in [3.05, 3.63) is 95.2 Å². The Labute approximate surface area is 204 Å². The second-order valence-corrected chi connectivity index (χ2v) is 9.05. The number of hydrogen-bond donors (Lipinski definition) is 2. The van der Waals surface area contributed by atoms with E-state index in [4.69, 9.17) is 0 Å². The van der Waals surface area contributed by atoms with Crippen molar-refractivity contribution >= 4 is 40.1 Å². The molecule has 0 bridgehead atoms. The first-order valence-corrected chi connectivity index (χ1v) is 11.4. The number of aromatic amines is 1. The number of rotatable bonds is 3. The van der Waals surface area contributed by atoms with Gasteiger partial charge in [-0.25, -0.2) is 18.5 Å². The maximum Gasteiger partial charge on any atom is 0.332 e. The molecule has 0 aliphatic carbocycles. The summed E-state index contributed by atoms with van der Waals surface area (Å²) in [5.74, 6) is -2.64. The van der Waals surface area contributed by atoms with Crippen molar-refractivity contribution in [2.75, 3.05) is 16.8 Å². The Balaban J connectivity index is 1.30. The Bertz CT molecular complexity index is 1580. The number of imide groups is 1. The van der Waals surface area contributed by atoms with E-state index in [0.717, 1.165) is 33.5 Å². The van der Waals surface area contributed by atoms with Gasteiger partial charge in [-0.05, 0) is 61.4 Å². The molecule has 1 aromatic heterocycles. The number of hydrogen-bond acceptors (Lipinski definition) is 3. The van der Waals surface area contributed by atoms with Crippen molar-refractivity contribution in [2.45, 2.75) is 18.9 Å². The van der Waals surface area contributed by atoms with Crippen LogP contribution in [-0.4, -0.2) is 34.3 Å². The predicted octanol–water partition coefficient (Wildman–Crippen LogP) is 4.94. The summed E-state index contributed by atoms with van der Waals surface area (Å²) in [6, 6.07) is 16.1. The van der Waals surface area contributed by atoms with Crippen LogP contribution in [0.5, 0.6) is 0 Å². The number of fused-ring (bicyclic) bond motifs is 5. The highest BCUT2D eigenvalue weighted by Gasteiger charge is 2.59. The largest absolute Gasteiger partial charge is 0.356 e. The molecule has 1 unspecified atom stereocenters. The first-order chi connectivity index (χ1) is 17.3. The molecule has 4 amide bonds. The van der Waals surface area contributed by atoms with E-state index in [-0.39, 0.29) is 17.2 Å². The minimum Gasteiger partial charge on any atom is -0.356 e. The molecule has 3 aromatic carbocycles. The molecule has 6 rings (SSSR count). The van der Waals surface area contributed by atoms with Gasteiger partial charge in [-0.1, -0.05) is 18.2 Å². The number of carbonyl (C=O) groups is 3. The summed E-state index contributed by atoms with van der Waals surface area (Å²) in [4.78, 5) is 45.7. The van der Waals surface area contributed by atoms with Gasteiger partial charge < -0.3 is 15.2 Å². The van der Waals surface area contributed by atoms with E-state index >= 15 is 0 Å². The summed E-state index contributed by atoms with van der Waals surface area (Å²) in [6.45, 7) is 2.15. The van der Waals surface area contributed by atoms with Crippen LogP contribution in [0, 0.1) is 11.6 Å². The molecular formula is C27H20F2N4O3. The Morgan fingerprint density at radius 1 is 1.03 bits per heavy atom. The molecule has 180 valence electrons. The Morgan fingerprint density at radius 2 is 1.78 bits per heavy atom. The third kappa shape index (κ3) is 3.05. The number of nitrogens with zero attached hydrogens (tertiary/aromatic N) is 2. The second kappa shape index (κ2) is 7.74. The normalized spacial score (nSPS) is 19.0. The van der Waals surface area contributed by atoms with Crippen LogP contribution in [0.25, 0.3) is 10.9 Å². The summed E-state index contributed by atoms with van der Waals surface area (Å²) in [5, 5.41) is 3.43. The summed E-state index contributed by atoms with van der Waals surface area (Å²) in [6.07, 6.45) is 0.626. The number of benzene rings is 3. The predicted molar refractivity (Wildman–Crippen MR) is 130 cm³/mol. The highest BCUT2D eigenvalue weighted by atomic mass is 19.1. The number of halogens is 2. The minimum absolute atomic E-state index is 0.158. The van der Waals surface area contributed by atoms with Gasteiger partial charge in [-0.3, -0.25) is 9.59 Å². The van der Waals surface area contributed by atoms with Crippen LogP contribution >= 0.6 is 0 Å². The number of urea groups is 1. The molecule has 0 saturated carbocycles. The average Bonchev–Trinajstić information content (AvgIpc) is 3.34. The molecule has 2 N–H and O–H groups in total. The fourth-order valence-corrected chi connectivity index (χ4v) is 5.17. The molecule has 2 aliphatic heterocycles. The topological polar surface area (TPSA) is 85.5 Å². The first kappa shape index (κ1) is 22.0. The lowest BCUT2D eigenvalue weighted by molar-refractivity contribution is -0.125. The number of H-pyrrole nitrogens is 1. The van der Waals surface area contributed by atoms with E-state index < -0.39 is 29.1 Å². The molecule has 36 heavy (non-hydrogen) atoms. The zero-order chi connectivity index (χ0) is 25.2. The van der Waals surface area contributed by atoms with Gasteiger partial charge in [-0.15, -0.1) is 0 Å². The molecule has 9 heteroatoms. The number of anilines is 2. The molecule has 0 radical (unpaired) electrons. The number of nitrogens with one attached hydrogen (secondary N) is 2. The lowest BCUT2D eigenvalue weighted by atomic mass is 9.87. The fraction of sp³-hybridized carbons (Fsp3) is 0.148. The van der Waals surface area contributed by atoms with Crippen molar-refractivity contribution in [3.63, 3.8) is 0 Å². The van der Waals surface area contributed by atoms with Crippen molar-refractivity contribution < 1.29 is 23.2 Å². The number of para-hydroxylation sites is 1. The van der Waals surface area contributed by atoms with Gasteiger partial charge in [0.1, 0.15) is 11.6 Å². The number of amides is 4. The molecule has 7 nitrogen and oxygen atoms in total. The summed E-state index contributed by atoms with van der Waals surface area (Å²) < 4.78 is 27.0. The lowest BCUT2D eigenvalue weighted by Gasteiger charge is -2.35. The van der Waals surface area contributed by atoms with Gasteiger partial charge in [0.25, 0.3) is 11.8 Å². The monoisotopic (exact) mass is 486 g/mol. The van der Waals surface area contributed by atoms with E-state index in [1.807, 2.05) is 24.3 Å². The highest BCUT2D eigenvalue weighted by Crippen LogP contribution is 2.45.